The van der Waals surface area contributed by atoms with E-state index in [-0.39, 0.29) is 5.91 Å². The minimum absolute atomic E-state index is 0.107. The van der Waals surface area contributed by atoms with E-state index < -0.39 is 0 Å². The zero-order chi connectivity index (χ0) is 23.8. The van der Waals surface area contributed by atoms with Crippen molar-refractivity contribution in [3.05, 3.63) is 89.2 Å². The SMILES string of the molecule is COc1cccc(C(=O)NCCCc2nc3ccccc3n2CCCOc2ccccc2Cl)c1. The highest BCUT2D eigenvalue weighted by atomic mass is 35.5. The van der Waals surface area contributed by atoms with Gasteiger partial charge < -0.3 is 19.4 Å². The van der Waals surface area contributed by atoms with E-state index in [9.17, 15) is 4.79 Å². The third-order valence-corrected chi connectivity index (χ3v) is 5.86. The molecule has 0 radical (unpaired) electrons. The number of rotatable bonds is 11. The van der Waals surface area contributed by atoms with Gasteiger partial charge in [-0.25, -0.2) is 4.98 Å². The molecule has 0 aliphatic carbocycles. The Hall–Kier alpha value is -3.51. The second kappa shape index (κ2) is 11.6. The lowest BCUT2D eigenvalue weighted by atomic mass is 10.2. The Morgan fingerprint density at radius 1 is 1.03 bits per heavy atom. The van der Waals surface area contributed by atoms with Gasteiger partial charge in [-0.2, -0.15) is 0 Å². The molecule has 1 aromatic heterocycles. The Kier molecular flexibility index (Phi) is 8.04. The number of carbonyl (C=O) groups is 1. The first-order chi connectivity index (χ1) is 16.7. The van der Waals surface area contributed by atoms with E-state index in [1.54, 1.807) is 19.2 Å². The lowest BCUT2D eigenvalue weighted by Gasteiger charge is -2.11. The molecule has 0 aliphatic heterocycles. The van der Waals surface area contributed by atoms with Crippen molar-refractivity contribution in [1.82, 2.24) is 14.9 Å². The van der Waals surface area contributed by atoms with Crippen LogP contribution in [0.2, 0.25) is 5.02 Å². The minimum atomic E-state index is -0.107. The highest BCUT2D eigenvalue weighted by Crippen LogP contribution is 2.23. The van der Waals surface area contributed by atoms with Crippen molar-refractivity contribution >= 4 is 28.5 Å². The van der Waals surface area contributed by atoms with E-state index in [1.165, 1.54) is 0 Å². The monoisotopic (exact) mass is 477 g/mol. The first kappa shape index (κ1) is 23.6. The van der Waals surface area contributed by atoms with E-state index in [2.05, 4.69) is 16.0 Å². The fourth-order valence-electron chi connectivity index (χ4n) is 3.85. The number of carbonyl (C=O) groups excluding carboxylic acids is 1. The van der Waals surface area contributed by atoms with Gasteiger partial charge in [0.25, 0.3) is 5.91 Å². The molecular weight excluding hydrogens is 450 g/mol. The number of hydrogen-bond acceptors (Lipinski definition) is 4. The van der Waals surface area contributed by atoms with Gasteiger partial charge in [-0.15, -0.1) is 0 Å². The van der Waals surface area contributed by atoms with Crippen LogP contribution in [0.1, 0.15) is 29.0 Å². The number of para-hydroxylation sites is 3. The van der Waals surface area contributed by atoms with Gasteiger partial charge in [0, 0.05) is 25.1 Å². The van der Waals surface area contributed by atoms with E-state index in [4.69, 9.17) is 26.1 Å². The van der Waals surface area contributed by atoms with Gasteiger partial charge in [0.15, 0.2) is 0 Å². The molecule has 7 heteroatoms. The predicted octanol–water partition coefficient (Wildman–Crippen LogP) is 5.53. The first-order valence-electron chi connectivity index (χ1n) is 11.4. The molecule has 4 rings (SSSR count). The number of aryl methyl sites for hydroxylation is 2. The zero-order valence-corrected chi connectivity index (χ0v) is 19.9. The fraction of sp³-hybridized carbons (Fsp3) is 0.259. The molecule has 6 nitrogen and oxygen atoms in total. The lowest BCUT2D eigenvalue weighted by molar-refractivity contribution is 0.0952. The lowest BCUT2D eigenvalue weighted by Crippen LogP contribution is -2.25. The molecule has 0 saturated carbocycles. The molecule has 0 bridgehead atoms. The number of fused-ring (bicyclic) bond motifs is 1. The van der Waals surface area contributed by atoms with Crippen LogP contribution in [-0.4, -0.2) is 35.7 Å². The maximum absolute atomic E-state index is 12.4. The number of nitrogens with zero attached hydrogens (tertiary/aromatic N) is 2. The summed E-state index contributed by atoms with van der Waals surface area (Å²) in [5.74, 6) is 2.27. The number of hydrogen-bond donors (Lipinski definition) is 1. The number of halogens is 1. The normalized spacial score (nSPS) is 10.9. The Morgan fingerprint density at radius 3 is 2.71 bits per heavy atom. The first-order valence-corrected chi connectivity index (χ1v) is 11.8. The van der Waals surface area contributed by atoms with Crippen LogP contribution in [0.25, 0.3) is 11.0 Å². The van der Waals surface area contributed by atoms with Gasteiger partial charge in [0.2, 0.25) is 0 Å². The number of imidazole rings is 1. The Bertz CT molecular complexity index is 1250. The summed E-state index contributed by atoms with van der Waals surface area (Å²) >= 11 is 6.18. The van der Waals surface area contributed by atoms with E-state index in [1.807, 2.05) is 54.6 Å². The summed E-state index contributed by atoms with van der Waals surface area (Å²) in [7, 11) is 1.59. The van der Waals surface area contributed by atoms with Crippen molar-refractivity contribution in [2.24, 2.45) is 0 Å². The minimum Gasteiger partial charge on any atom is -0.497 e. The predicted molar refractivity (Wildman–Crippen MR) is 135 cm³/mol. The summed E-state index contributed by atoms with van der Waals surface area (Å²) < 4.78 is 13.3. The molecule has 3 aromatic carbocycles. The summed E-state index contributed by atoms with van der Waals surface area (Å²) in [5.41, 5.74) is 2.67. The van der Waals surface area contributed by atoms with Crippen molar-refractivity contribution < 1.29 is 14.3 Å². The molecule has 0 aliphatic rings. The van der Waals surface area contributed by atoms with Gasteiger partial charge in [-0.3, -0.25) is 4.79 Å². The summed E-state index contributed by atoms with van der Waals surface area (Å²) in [6.07, 6.45) is 2.37. The van der Waals surface area contributed by atoms with Gasteiger partial charge in [0.1, 0.15) is 17.3 Å². The molecular formula is C27H28ClN3O3. The van der Waals surface area contributed by atoms with Crippen molar-refractivity contribution in [3.63, 3.8) is 0 Å². The molecule has 0 atom stereocenters. The Morgan fingerprint density at radius 2 is 1.85 bits per heavy atom. The zero-order valence-electron chi connectivity index (χ0n) is 19.2. The number of benzene rings is 3. The smallest absolute Gasteiger partial charge is 0.251 e. The third-order valence-electron chi connectivity index (χ3n) is 5.55. The van der Waals surface area contributed by atoms with Crippen molar-refractivity contribution in [2.45, 2.75) is 25.8 Å². The van der Waals surface area contributed by atoms with Crippen LogP contribution in [0, 0.1) is 0 Å². The van der Waals surface area contributed by atoms with Gasteiger partial charge in [-0.1, -0.05) is 41.9 Å². The van der Waals surface area contributed by atoms with Crippen molar-refractivity contribution in [3.8, 4) is 11.5 Å². The van der Waals surface area contributed by atoms with Gasteiger partial charge in [0.05, 0.1) is 29.8 Å². The van der Waals surface area contributed by atoms with Crippen LogP contribution in [0.5, 0.6) is 11.5 Å². The average Bonchev–Trinajstić information content (AvgIpc) is 3.22. The van der Waals surface area contributed by atoms with Crippen LogP contribution in [-0.2, 0) is 13.0 Å². The molecule has 0 spiro atoms. The molecule has 0 fully saturated rings. The van der Waals surface area contributed by atoms with Crippen LogP contribution < -0.4 is 14.8 Å². The van der Waals surface area contributed by atoms with Crippen LogP contribution in [0.3, 0.4) is 0 Å². The molecule has 4 aromatic rings. The Labute approximate surface area is 204 Å². The number of ether oxygens (including phenoxy) is 2. The topological polar surface area (TPSA) is 65.4 Å². The van der Waals surface area contributed by atoms with Gasteiger partial charge in [-0.05, 0) is 55.3 Å². The molecule has 1 N–H and O–H groups in total. The van der Waals surface area contributed by atoms with E-state index in [0.29, 0.717) is 35.2 Å². The molecule has 0 saturated heterocycles. The quantitative estimate of drug-likeness (QED) is 0.288. The highest BCUT2D eigenvalue weighted by Gasteiger charge is 2.11. The van der Waals surface area contributed by atoms with E-state index >= 15 is 0 Å². The summed E-state index contributed by atoms with van der Waals surface area (Å²) in [6.45, 7) is 1.91. The second-order valence-electron chi connectivity index (χ2n) is 7.89. The maximum Gasteiger partial charge on any atom is 0.251 e. The molecule has 0 unspecified atom stereocenters. The summed E-state index contributed by atoms with van der Waals surface area (Å²) in [4.78, 5) is 17.3. The second-order valence-corrected chi connectivity index (χ2v) is 8.30. The standard InChI is InChI=1S/C27H28ClN3O3/c1-33-21-10-6-9-20(19-21)27(32)29-16-7-15-26-30-23-12-3-4-13-24(23)31(26)17-8-18-34-25-14-5-2-11-22(25)28/h2-6,9-14,19H,7-8,15-18H2,1H3,(H,29,32). The summed E-state index contributed by atoms with van der Waals surface area (Å²) in [6, 6.07) is 22.8. The number of methoxy groups -OCH3 is 1. The summed E-state index contributed by atoms with van der Waals surface area (Å²) in [5, 5.41) is 3.60. The number of nitrogens with one attached hydrogen (secondary N) is 1. The Balaban J connectivity index is 1.33. The molecule has 34 heavy (non-hydrogen) atoms. The molecule has 1 amide bonds. The van der Waals surface area contributed by atoms with Crippen LogP contribution >= 0.6 is 11.6 Å². The van der Waals surface area contributed by atoms with Crippen molar-refractivity contribution in [2.75, 3.05) is 20.3 Å². The van der Waals surface area contributed by atoms with Gasteiger partial charge >= 0.3 is 0 Å². The fourth-order valence-corrected chi connectivity index (χ4v) is 4.04. The molecule has 1 heterocycles. The van der Waals surface area contributed by atoms with Crippen LogP contribution in [0.4, 0.5) is 0 Å². The van der Waals surface area contributed by atoms with Crippen molar-refractivity contribution in [1.29, 1.82) is 0 Å². The van der Waals surface area contributed by atoms with Crippen LogP contribution in [0.15, 0.2) is 72.8 Å². The van der Waals surface area contributed by atoms with E-state index in [0.717, 1.165) is 42.7 Å². The maximum atomic E-state index is 12.4. The average molecular weight is 478 g/mol. The number of amides is 1. The third kappa shape index (κ3) is 5.88. The molecule has 176 valence electrons. The largest absolute Gasteiger partial charge is 0.497 e. The highest BCUT2D eigenvalue weighted by molar-refractivity contribution is 6.32. The number of aromatic nitrogens is 2.